The van der Waals surface area contributed by atoms with E-state index < -0.39 is 5.60 Å². The number of ether oxygens (including phenoxy) is 1. The zero-order valence-corrected chi connectivity index (χ0v) is 16.0. The molecule has 0 radical (unpaired) electrons. The van der Waals surface area contributed by atoms with Crippen molar-refractivity contribution in [2.75, 3.05) is 5.32 Å². The molecule has 0 bridgehead atoms. The van der Waals surface area contributed by atoms with Gasteiger partial charge in [0, 0.05) is 11.3 Å². The van der Waals surface area contributed by atoms with Gasteiger partial charge in [-0.25, -0.2) is 0 Å². The van der Waals surface area contributed by atoms with Crippen molar-refractivity contribution in [2.45, 2.75) is 52.2 Å². The summed E-state index contributed by atoms with van der Waals surface area (Å²) in [5.41, 5.74) is 2.35. The van der Waals surface area contributed by atoms with Gasteiger partial charge in [-0.05, 0) is 40.2 Å². The molecule has 3 heterocycles. The summed E-state index contributed by atoms with van der Waals surface area (Å²) in [6.07, 6.45) is 2.17. The van der Waals surface area contributed by atoms with E-state index in [1.54, 1.807) is 12.4 Å². The molecule has 0 saturated heterocycles. The molecule has 0 aromatic carbocycles. The van der Waals surface area contributed by atoms with Gasteiger partial charge in [0.2, 0.25) is 0 Å². The highest BCUT2D eigenvalue weighted by atomic mass is 32.1. The molecule has 0 unspecified atom stereocenters. The predicted molar refractivity (Wildman–Crippen MR) is 96.3 cm³/mol. The summed E-state index contributed by atoms with van der Waals surface area (Å²) in [4.78, 5) is 30.1. The van der Waals surface area contributed by atoms with Crippen molar-refractivity contribution in [1.29, 1.82) is 0 Å². The highest BCUT2D eigenvalue weighted by molar-refractivity contribution is 7.17. The van der Waals surface area contributed by atoms with Gasteiger partial charge in [-0.15, -0.1) is 22.7 Å². The maximum absolute atomic E-state index is 12.4. The Bertz CT molecular complexity index is 804. The minimum atomic E-state index is -0.501. The Morgan fingerprint density at radius 1 is 1.29 bits per heavy atom. The van der Waals surface area contributed by atoms with Crippen LogP contribution in [-0.4, -0.2) is 22.3 Å². The molecule has 1 aliphatic rings. The lowest BCUT2D eigenvalue weighted by Gasteiger charge is -2.41. The second kappa shape index (κ2) is 5.75. The average Bonchev–Trinajstić information content (AvgIpc) is 3.03. The predicted octanol–water partition coefficient (Wildman–Crippen LogP) is 4.25. The SMILES string of the molecule is CC(=O)c1c(NC(=O)c2cncs2)sc2c1CC(C)(C)OC2(C)C. The number of Topliss-reactive ketones (excluding diaryl/α,β-unsaturated/α-hetero) is 1. The van der Waals surface area contributed by atoms with E-state index in [0.29, 0.717) is 21.9 Å². The van der Waals surface area contributed by atoms with Crippen LogP contribution in [0, 0.1) is 0 Å². The number of fused-ring (bicyclic) bond motifs is 1. The molecule has 0 aliphatic carbocycles. The Morgan fingerprint density at radius 2 is 2.00 bits per heavy atom. The lowest BCUT2D eigenvalue weighted by molar-refractivity contribution is -0.135. The van der Waals surface area contributed by atoms with Crippen molar-refractivity contribution in [1.82, 2.24) is 4.98 Å². The van der Waals surface area contributed by atoms with Crippen LogP contribution in [0.4, 0.5) is 5.00 Å². The van der Waals surface area contributed by atoms with Crippen LogP contribution in [0.1, 0.15) is 65.1 Å². The Kier molecular flexibility index (Phi) is 4.14. The van der Waals surface area contributed by atoms with Crippen LogP contribution in [0.3, 0.4) is 0 Å². The lowest BCUT2D eigenvalue weighted by Crippen LogP contribution is -2.41. The molecule has 0 fully saturated rings. The van der Waals surface area contributed by atoms with E-state index in [1.807, 2.05) is 27.7 Å². The second-order valence-electron chi connectivity index (χ2n) is 7.04. The molecule has 0 saturated carbocycles. The summed E-state index contributed by atoms with van der Waals surface area (Å²) in [6.45, 7) is 9.59. The fourth-order valence-electron chi connectivity index (χ4n) is 3.27. The summed E-state index contributed by atoms with van der Waals surface area (Å²) in [5, 5.41) is 3.49. The summed E-state index contributed by atoms with van der Waals surface area (Å²) in [6, 6.07) is 0. The highest BCUT2D eigenvalue weighted by Gasteiger charge is 2.42. The monoisotopic (exact) mass is 364 g/mol. The van der Waals surface area contributed by atoms with Crippen molar-refractivity contribution < 1.29 is 14.3 Å². The van der Waals surface area contributed by atoms with E-state index in [0.717, 1.165) is 10.4 Å². The number of nitrogens with zero attached hydrogens (tertiary/aromatic N) is 1. The van der Waals surface area contributed by atoms with E-state index in [9.17, 15) is 9.59 Å². The first kappa shape index (κ1) is 17.3. The summed E-state index contributed by atoms with van der Waals surface area (Å²) in [7, 11) is 0. The van der Waals surface area contributed by atoms with Gasteiger partial charge in [0.15, 0.2) is 5.78 Å². The van der Waals surface area contributed by atoms with Crippen LogP contribution in [0.25, 0.3) is 0 Å². The number of thiophene rings is 1. The number of anilines is 1. The zero-order valence-electron chi connectivity index (χ0n) is 14.4. The van der Waals surface area contributed by atoms with Crippen molar-refractivity contribution in [3.63, 3.8) is 0 Å². The van der Waals surface area contributed by atoms with Gasteiger partial charge in [0.25, 0.3) is 5.91 Å². The standard InChI is InChI=1S/C17H20N2O3S2/c1-9(20)12-10-6-16(2,3)22-17(4,5)13(10)24-15(12)19-14(21)11-7-18-8-23-11/h7-8H,6H2,1-5H3,(H,19,21). The molecule has 7 heteroatoms. The normalized spacial score (nSPS) is 18.0. The molecule has 2 aromatic rings. The van der Waals surface area contributed by atoms with Gasteiger partial charge in [-0.3, -0.25) is 14.6 Å². The molecule has 1 amide bonds. The molecule has 128 valence electrons. The van der Waals surface area contributed by atoms with Gasteiger partial charge < -0.3 is 10.1 Å². The maximum atomic E-state index is 12.4. The van der Waals surface area contributed by atoms with E-state index in [-0.39, 0.29) is 17.3 Å². The maximum Gasteiger partial charge on any atom is 0.267 e. The van der Waals surface area contributed by atoms with Crippen LogP contribution in [-0.2, 0) is 16.8 Å². The van der Waals surface area contributed by atoms with Crippen LogP contribution in [0.15, 0.2) is 11.7 Å². The van der Waals surface area contributed by atoms with Crippen molar-refractivity contribution >= 4 is 39.4 Å². The van der Waals surface area contributed by atoms with Crippen LogP contribution in [0.2, 0.25) is 0 Å². The van der Waals surface area contributed by atoms with Crippen molar-refractivity contribution in [2.24, 2.45) is 0 Å². The third-order valence-corrected chi connectivity index (χ3v) is 6.15. The molecule has 2 aromatic heterocycles. The Balaban J connectivity index is 2.07. The topological polar surface area (TPSA) is 68.3 Å². The third-order valence-electron chi connectivity index (χ3n) is 3.92. The number of hydrogen-bond acceptors (Lipinski definition) is 6. The van der Waals surface area contributed by atoms with E-state index in [2.05, 4.69) is 10.3 Å². The lowest BCUT2D eigenvalue weighted by atomic mass is 9.86. The number of amides is 1. The second-order valence-corrected chi connectivity index (χ2v) is 8.95. The van der Waals surface area contributed by atoms with Gasteiger partial charge in [0.1, 0.15) is 9.88 Å². The molecule has 5 nitrogen and oxygen atoms in total. The van der Waals surface area contributed by atoms with Crippen LogP contribution in [0.5, 0.6) is 0 Å². The third kappa shape index (κ3) is 3.03. The quantitative estimate of drug-likeness (QED) is 0.827. The summed E-state index contributed by atoms with van der Waals surface area (Å²) in [5.74, 6) is -0.280. The smallest absolute Gasteiger partial charge is 0.267 e. The first-order valence-electron chi connectivity index (χ1n) is 7.68. The molecule has 1 N–H and O–H groups in total. The number of hydrogen-bond donors (Lipinski definition) is 1. The average molecular weight is 364 g/mol. The van der Waals surface area contributed by atoms with Crippen LogP contribution >= 0.6 is 22.7 Å². The fourth-order valence-corrected chi connectivity index (χ4v) is 5.09. The molecule has 1 aliphatic heterocycles. The molecular weight excluding hydrogens is 344 g/mol. The molecule has 0 spiro atoms. The van der Waals surface area contributed by atoms with Gasteiger partial charge >= 0.3 is 0 Å². The summed E-state index contributed by atoms with van der Waals surface area (Å²) < 4.78 is 6.19. The molecule has 0 atom stereocenters. The van der Waals surface area contributed by atoms with Crippen molar-refractivity contribution in [3.05, 3.63) is 32.6 Å². The van der Waals surface area contributed by atoms with Crippen molar-refractivity contribution in [3.8, 4) is 0 Å². The van der Waals surface area contributed by atoms with Gasteiger partial charge in [-0.2, -0.15) is 0 Å². The largest absolute Gasteiger partial charge is 0.364 e. The molecular formula is C17H20N2O3S2. The van der Waals surface area contributed by atoms with E-state index >= 15 is 0 Å². The number of nitrogens with one attached hydrogen (secondary N) is 1. The number of aromatic nitrogens is 1. The first-order valence-corrected chi connectivity index (χ1v) is 9.37. The first-order chi connectivity index (χ1) is 11.1. The van der Waals surface area contributed by atoms with Gasteiger partial charge in [0.05, 0.1) is 28.5 Å². The minimum absolute atomic E-state index is 0.0411. The summed E-state index contributed by atoms with van der Waals surface area (Å²) >= 11 is 2.70. The minimum Gasteiger partial charge on any atom is -0.364 e. The number of rotatable bonds is 3. The molecule has 24 heavy (non-hydrogen) atoms. The highest BCUT2D eigenvalue weighted by Crippen LogP contribution is 2.48. The van der Waals surface area contributed by atoms with E-state index in [4.69, 9.17) is 4.74 Å². The molecule has 3 rings (SSSR count). The fraction of sp³-hybridized carbons (Fsp3) is 0.471. The Labute approximate surface area is 149 Å². The van der Waals surface area contributed by atoms with E-state index in [1.165, 1.54) is 28.9 Å². The number of ketones is 1. The van der Waals surface area contributed by atoms with Gasteiger partial charge in [-0.1, -0.05) is 0 Å². The zero-order chi connectivity index (χ0) is 17.7. The Morgan fingerprint density at radius 3 is 2.58 bits per heavy atom. The number of carbonyl (C=O) groups is 2. The number of carbonyl (C=O) groups excluding carboxylic acids is 2. The van der Waals surface area contributed by atoms with Crippen LogP contribution < -0.4 is 5.32 Å². The number of thiazole rings is 1. The Hall–Kier alpha value is -1.57.